The van der Waals surface area contributed by atoms with Crippen LogP contribution in [0.2, 0.25) is 0 Å². The first kappa shape index (κ1) is 25.0. The Labute approximate surface area is 194 Å². The zero-order valence-electron chi connectivity index (χ0n) is 17.5. The first-order chi connectivity index (χ1) is 15.4. The van der Waals surface area contributed by atoms with Crippen molar-refractivity contribution in [2.45, 2.75) is 38.5 Å². The molecule has 1 spiro atoms. The van der Waals surface area contributed by atoms with Gasteiger partial charge >= 0.3 is 18.1 Å². The van der Waals surface area contributed by atoms with Gasteiger partial charge in [0.15, 0.2) is 0 Å². The Morgan fingerprint density at radius 1 is 1.36 bits per heavy atom. The van der Waals surface area contributed by atoms with Gasteiger partial charge in [-0.15, -0.1) is 0 Å². The molecule has 13 heteroatoms. The third-order valence-corrected chi connectivity index (χ3v) is 6.06. The maximum absolute atomic E-state index is 12.7. The Bertz CT molecular complexity index is 1070. The second kappa shape index (κ2) is 9.67. The van der Waals surface area contributed by atoms with E-state index in [1.807, 2.05) is 25.3 Å². The van der Waals surface area contributed by atoms with Gasteiger partial charge in [0.25, 0.3) is 5.91 Å². The first-order valence-corrected chi connectivity index (χ1v) is 10.9. The van der Waals surface area contributed by atoms with E-state index in [4.69, 9.17) is 14.6 Å². The molecule has 1 unspecified atom stereocenters. The number of nitrogens with one attached hydrogen (secondary N) is 2. The molecule has 1 amide bonds. The van der Waals surface area contributed by atoms with Crippen molar-refractivity contribution in [3.05, 3.63) is 34.2 Å². The lowest BCUT2D eigenvalue weighted by Gasteiger charge is -2.29. The number of hydrogen-bond donors (Lipinski definition) is 3. The average molecular weight is 535 g/mol. The minimum atomic E-state index is -5.08. The van der Waals surface area contributed by atoms with Gasteiger partial charge in [0, 0.05) is 17.1 Å². The number of imidazole rings is 1. The van der Waals surface area contributed by atoms with Crippen LogP contribution in [0.15, 0.2) is 22.8 Å². The van der Waals surface area contributed by atoms with Crippen molar-refractivity contribution in [1.29, 1.82) is 0 Å². The Morgan fingerprint density at radius 3 is 2.61 bits per heavy atom. The molecule has 2 aromatic rings. The number of esters is 1. The molecule has 2 saturated heterocycles. The van der Waals surface area contributed by atoms with Crippen molar-refractivity contribution in [3.8, 4) is 0 Å². The fraction of sp³-hybridized carbons (Fsp3) is 0.500. The topological polar surface area (TPSA) is 122 Å². The summed E-state index contributed by atoms with van der Waals surface area (Å²) >= 11 is 3.42. The number of amides is 1. The third kappa shape index (κ3) is 5.64. The van der Waals surface area contributed by atoms with E-state index in [1.165, 1.54) is 0 Å². The number of piperidine rings is 1. The summed E-state index contributed by atoms with van der Waals surface area (Å²) in [5, 5.41) is 13.3. The van der Waals surface area contributed by atoms with E-state index in [9.17, 15) is 22.8 Å². The number of carbonyl (C=O) groups is 3. The fourth-order valence-electron chi connectivity index (χ4n) is 3.96. The lowest BCUT2D eigenvalue weighted by Crippen LogP contribution is -2.40. The van der Waals surface area contributed by atoms with Crippen LogP contribution in [0.25, 0.3) is 5.65 Å². The van der Waals surface area contributed by atoms with E-state index in [2.05, 4.69) is 31.5 Å². The standard InChI is InChI=1S/C18H21BrN4O3.C2HF3O2/c1-11-15(23-10-12(19)2-3-14(23)22-11)16(24)21-9-13-8-18(17(25)26-13)4-6-20-7-5-18;3-2(4,5)1(6)7/h2-3,10,13,20H,4-9H2,1H3,(H,21,24);(H,6,7). The van der Waals surface area contributed by atoms with E-state index in [0.29, 0.717) is 24.4 Å². The van der Waals surface area contributed by atoms with Gasteiger partial charge in [0.05, 0.1) is 17.7 Å². The zero-order chi connectivity index (χ0) is 24.4. The van der Waals surface area contributed by atoms with Crippen LogP contribution < -0.4 is 10.6 Å². The number of alkyl halides is 3. The normalized spacial score (nSPS) is 19.7. The molecular weight excluding hydrogens is 513 g/mol. The van der Waals surface area contributed by atoms with Crippen LogP contribution in [0.1, 0.15) is 35.4 Å². The Kier molecular flexibility index (Phi) is 7.32. The molecule has 2 aliphatic rings. The van der Waals surface area contributed by atoms with Crippen molar-refractivity contribution in [2.75, 3.05) is 19.6 Å². The quantitative estimate of drug-likeness (QED) is 0.517. The molecule has 1 atom stereocenters. The van der Waals surface area contributed by atoms with Crippen molar-refractivity contribution in [3.63, 3.8) is 0 Å². The number of carboxylic acids is 1. The number of hydrogen-bond acceptors (Lipinski definition) is 6. The van der Waals surface area contributed by atoms with Crippen molar-refractivity contribution >= 4 is 39.4 Å². The van der Waals surface area contributed by atoms with Crippen molar-refractivity contribution < 1.29 is 37.4 Å². The molecule has 0 radical (unpaired) electrons. The van der Waals surface area contributed by atoms with Gasteiger partial charge in [-0.1, -0.05) is 0 Å². The summed E-state index contributed by atoms with van der Waals surface area (Å²) in [6.07, 6.45) is -1.25. The number of rotatable bonds is 3. The molecule has 9 nitrogen and oxygen atoms in total. The lowest BCUT2D eigenvalue weighted by molar-refractivity contribution is -0.192. The van der Waals surface area contributed by atoms with Gasteiger partial charge in [-0.2, -0.15) is 13.2 Å². The summed E-state index contributed by atoms with van der Waals surface area (Å²) in [6, 6.07) is 3.74. The number of nitrogens with zero attached hydrogens (tertiary/aromatic N) is 2. The van der Waals surface area contributed by atoms with Gasteiger partial charge in [-0.05, 0) is 60.9 Å². The summed E-state index contributed by atoms with van der Waals surface area (Å²) in [6.45, 7) is 3.81. The molecule has 180 valence electrons. The smallest absolute Gasteiger partial charge is 0.475 e. The number of carbonyl (C=O) groups excluding carboxylic acids is 2. The minimum absolute atomic E-state index is 0.117. The van der Waals surface area contributed by atoms with E-state index >= 15 is 0 Å². The molecule has 0 saturated carbocycles. The Hall–Kier alpha value is -2.67. The second-order valence-electron chi connectivity index (χ2n) is 7.90. The van der Waals surface area contributed by atoms with Crippen LogP contribution in [-0.2, 0) is 14.3 Å². The van der Waals surface area contributed by atoms with Gasteiger partial charge in [-0.25, -0.2) is 9.78 Å². The number of ether oxygens (including phenoxy) is 1. The maximum Gasteiger partial charge on any atom is 0.490 e. The molecule has 0 aromatic carbocycles. The molecule has 0 aliphatic carbocycles. The van der Waals surface area contributed by atoms with Gasteiger partial charge in [-0.3, -0.25) is 14.0 Å². The monoisotopic (exact) mass is 534 g/mol. The molecule has 0 bridgehead atoms. The Morgan fingerprint density at radius 2 is 2.00 bits per heavy atom. The summed E-state index contributed by atoms with van der Waals surface area (Å²) in [5.41, 5.74) is 1.52. The van der Waals surface area contributed by atoms with Crippen LogP contribution in [0.5, 0.6) is 0 Å². The molecule has 2 fully saturated rings. The minimum Gasteiger partial charge on any atom is -0.475 e. The van der Waals surface area contributed by atoms with Crippen LogP contribution >= 0.6 is 15.9 Å². The maximum atomic E-state index is 12.7. The molecule has 2 aromatic heterocycles. The van der Waals surface area contributed by atoms with E-state index < -0.39 is 12.1 Å². The summed E-state index contributed by atoms with van der Waals surface area (Å²) in [4.78, 5) is 38.4. The highest BCUT2D eigenvalue weighted by Crippen LogP contribution is 2.41. The number of aryl methyl sites for hydroxylation is 1. The van der Waals surface area contributed by atoms with Gasteiger partial charge in [0.1, 0.15) is 17.4 Å². The van der Waals surface area contributed by atoms with Crippen LogP contribution in [0.4, 0.5) is 13.2 Å². The van der Waals surface area contributed by atoms with Crippen LogP contribution in [-0.4, -0.2) is 64.3 Å². The van der Waals surface area contributed by atoms with Crippen LogP contribution in [0, 0.1) is 12.3 Å². The second-order valence-corrected chi connectivity index (χ2v) is 8.81. The molecule has 2 aliphatic heterocycles. The number of cyclic esters (lactones) is 1. The van der Waals surface area contributed by atoms with Gasteiger partial charge in [0.2, 0.25) is 0 Å². The third-order valence-electron chi connectivity index (χ3n) is 5.59. The van der Waals surface area contributed by atoms with Crippen LogP contribution in [0.3, 0.4) is 0 Å². The fourth-order valence-corrected chi connectivity index (χ4v) is 4.30. The predicted octanol–water partition coefficient (Wildman–Crippen LogP) is 2.45. The number of aliphatic carboxylic acids is 1. The highest BCUT2D eigenvalue weighted by Gasteiger charge is 2.49. The highest BCUT2D eigenvalue weighted by molar-refractivity contribution is 9.10. The summed E-state index contributed by atoms with van der Waals surface area (Å²) in [5.74, 6) is -3.09. The first-order valence-electron chi connectivity index (χ1n) is 10.1. The number of pyridine rings is 1. The summed E-state index contributed by atoms with van der Waals surface area (Å²) < 4.78 is 39.9. The van der Waals surface area contributed by atoms with E-state index in [1.54, 1.807) is 4.40 Å². The van der Waals surface area contributed by atoms with E-state index in [0.717, 1.165) is 36.1 Å². The number of aromatic nitrogens is 2. The summed E-state index contributed by atoms with van der Waals surface area (Å²) in [7, 11) is 0. The molecule has 3 N–H and O–H groups in total. The Balaban J connectivity index is 0.000000383. The highest BCUT2D eigenvalue weighted by atomic mass is 79.9. The predicted molar refractivity (Wildman–Crippen MR) is 113 cm³/mol. The number of carboxylic acid groups (broad SMARTS) is 1. The number of fused-ring (bicyclic) bond motifs is 1. The van der Waals surface area contributed by atoms with E-state index in [-0.39, 0.29) is 23.4 Å². The zero-order valence-corrected chi connectivity index (χ0v) is 19.1. The van der Waals surface area contributed by atoms with Gasteiger partial charge < -0.3 is 20.5 Å². The van der Waals surface area contributed by atoms with Crippen molar-refractivity contribution in [2.24, 2.45) is 5.41 Å². The molecule has 4 heterocycles. The largest absolute Gasteiger partial charge is 0.490 e. The lowest BCUT2D eigenvalue weighted by atomic mass is 9.76. The molecular formula is C20H22BrF3N4O5. The SMILES string of the molecule is Cc1nc2ccc(Br)cn2c1C(=O)NCC1CC2(CCNCC2)C(=O)O1.O=C(O)C(F)(F)F. The van der Waals surface area contributed by atoms with Crippen molar-refractivity contribution in [1.82, 2.24) is 20.0 Å². The molecule has 4 rings (SSSR count). The molecule has 33 heavy (non-hydrogen) atoms. The number of halogens is 4. The average Bonchev–Trinajstić information content (AvgIpc) is 3.22.